The molecule has 17 heavy (non-hydrogen) atoms. The average Bonchev–Trinajstić information content (AvgIpc) is 2.76. The van der Waals surface area contributed by atoms with Gasteiger partial charge in [-0.3, -0.25) is 10.1 Å². The highest BCUT2D eigenvalue weighted by atomic mass is 35.5. The molecule has 0 saturated carbocycles. The molecule has 88 valence electrons. The van der Waals surface area contributed by atoms with E-state index in [-0.39, 0.29) is 11.6 Å². The number of halogens is 1. The highest BCUT2D eigenvalue weighted by Gasteiger charge is 2.20. The van der Waals surface area contributed by atoms with Crippen molar-refractivity contribution >= 4 is 17.3 Å². The summed E-state index contributed by atoms with van der Waals surface area (Å²) in [6, 6.07) is 5.05. The molecule has 0 aliphatic heterocycles. The number of aromatic nitrogens is 1. The van der Waals surface area contributed by atoms with Crippen LogP contribution in [0.3, 0.4) is 0 Å². The maximum Gasteiger partial charge on any atom is 0.283 e. The van der Waals surface area contributed by atoms with E-state index in [1.165, 1.54) is 6.20 Å². The van der Waals surface area contributed by atoms with E-state index in [0.717, 1.165) is 0 Å². The molecule has 0 bridgehead atoms. The summed E-state index contributed by atoms with van der Waals surface area (Å²) in [5.74, 6) is 0.841. The first-order valence-corrected chi connectivity index (χ1v) is 5.42. The first-order chi connectivity index (χ1) is 8.13. The summed E-state index contributed by atoms with van der Waals surface area (Å²) in [5.41, 5.74) is 1.03. The number of rotatable bonds is 3. The number of nitro benzene ring substituents is 1. The summed E-state index contributed by atoms with van der Waals surface area (Å²) >= 11 is 5.57. The van der Waals surface area contributed by atoms with Crippen molar-refractivity contribution in [3.8, 4) is 11.3 Å². The Kier molecular flexibility index (Phi) is 3.10. The number of hydrogen-bond donors (Lipinski definition) is 0. The third kappa shape index (κ3) is 2.14. The van der Waals surface area contributed by atoms with Crippen molar-refractivity contribution in [2.45, 2.75) is 12.8 Å². The molecular formula is C11H9ClN2O3. The molecule has 5 nitrogen and oxygen atoms in total. The van der Waals surface area contributed by atoms with Crippen LogP contribution in [0, 0.1) is 17.0 Å². The SMILES string of the molecule is Cc1cccc(-c2cnc(CCl)o2)c1[N+](=O)[O-]. The van der Waals surface area contributed by atoms with Crippen molar-refractivity contribution in [3.05, 3.63) is 46.0 Å². The molecule has 2 rings (SSSR count). The summed E-state index contributed by atoms with van der Waals surface area (Å²) in [6.07, 6.45) is 1.44. The van der Waals surface area contributed by atoms with Crippen LogP contribution in [-0.4, -0.2) is 9.91 Å². The fraction of sp³-hybridized carbons (Fsp3) is 0.182. The molecule has 0 N–H and O–H groups in total. The molecule has 0 atom stereocenters. The first-order valence-electron chi connectivity index (χ1n) is 4.88. The number of hydrogen-bond acceptors (Lipinski definition) is 4. The standard InChI is InChI=1S/C11H9ClN2O3/c1-7-3-2-4-8(11(7)14(15)16)9-6-13-10(5-12)17-9/h2-4,6H,5H2,1H3. The Labute approximate surface area is 102 Å². The van der Waals surface area contributed by atoms with Crippen LogP contribution < -0.4 is 0 Å². The van der Waals surface area contributed by atoms with E-state index >= 15 is 0 Å². The zero-order valence-corrected chi connectivity index (χ0v) is 9.77. The van der Waals surface area contributed by atoms with Gasteiger partial charge < -0.3 is 4.42 Å². The summed E-state index contributed by atoms with van der Waals surface area (Å²) in [6.45, 7) is 1.68. The van der Waals surface area contributed by atoms with Crippen molar-refractivity contribution < 1.29 is 9.34 Å². The summed E-state index contributed by atoms with van der Waals surface area (Å²) < 4.78 is 5.32. The number of oxazole rings is 1. The van der Waals surface area contributed by atoms with Gasteiger partial charge in [0.1, 0.15) is 0 Å². The van der Waals surface area contributed by atoms with Gasteiger partial charge in [0.2, 0.25) is 5.89 Å². The number of aryl methyl sites for hydroxylation is 1. The molecular weight excluding hydrogens is 244 g/mol. The maximum atomic E-state index is 11.0. The van der Waals surface area contributed by atoms with Crippen LogP contribution in [0.5, 0.6) is 0 Å². The van der Waals surface area contributed by atoms with Gasteiger partial charge in [0.05, 0.1) is 22.6 Å². The quantitative estimate of drug-likeness (QED) is 0.477. The minimum Gasteiger partial charge on any atom is -0.439 e. The Morgan fingerprint density at radius 3 is 2.88 bits per heavy atom. The minimum atomic E-state index is -0.423. The molecule has 1 aromatic heterocycles. The highest BCUT2D eigenvalue weighted by Crippen LogP contribution is 2.32. The van der Waals surface area contributed by atoms with Gasteiger partial charge in [-0.15, -0.1) is 11.6 Å². The Bertz CT molecular complexity index is 566. The molecule has 2 aromatic rings. The van der Waals surface area contributed by atoms with Gasteiger partial charge in [0.15, 0.2) is 5.76 Å². The summed E-state index contributed by atoms with van der Waals surface area (Å²) in [5, 5.41) is 11.0. The average molecular weight is 253 g/mol. The van der Waals surface area contributed by atoms with Crippen LogP contribution in [0.4, 0.5) is 5.69 Å². The van der Waals surface area contributed by atoms with Crippen molar-refractivity contribution in [1.82, 2.24) is 4.98 Å². The topological polar surface area (TPSA) is 69.2 Å². The molecule has 0 amide bonds. The second-order valence-electron chi connectivity index (χ2n) is 3.48. The predicted molar refractivity (Wildman–Crippen MR) is 62.9 cm³/mol. The van der Waals surface area contributed by atoms with Gasteiger partial charge in [-0.05, 0) is 13.0 Å². The van der Waals surface area contributed by atoms with E-state index < -0.39 is 4.92 Å². The highest BCUT2D eigenvalue weighted by molar-refractivity contribution is 6.16. The van der Waals surface area contributed by atoms with Crippen molar-refractivity contribution in [2.24, 2.45) is 0 Å². The zero-order chi connectivity index (χ0) is 12.4. The van der Waals surface area contributed by atoms with Crippen LogP contribution >= 0.6 is 11.6 Å². The number of alkyl halides is 1. The Morgan fingerprint density at radius 1 is 1.53 bits per heavy atom. The number of benzene rings is 1. The maximum absolute atomic E-state index is 11.0. The molecule has 0 aliphatic carbocycles. The fourth-order valence-electron chi connectivity index (χ4n) is 1.60. The lowest BCUT2D eigenvalue weighted by atomic mass is 10.1. The lowest BCUT2D eigenvalue weighted by molar-refractivity contribution is -0.384. The minimum absolute atomic E-state index is 0.0322. The van der Waals surface area contributed by atoms with E-state index in [9.17, 15) is 10.1 Å². The van der Waals surface area contributed by atoms with Gasteiger partial charge in [-0.1, -0.05) is 12.1 Å². The van der Waals surface area contributed by atoms with Crippen molar-refractivity contribution in [2.75, 3.05) is 0 Å². The fourth-order valence-corrected chi connectivity index (χ4v) is 1.72. The van der Waals surface area contributed by atoms with Gasteiger partial charge in [0, 0.05) is 5.56 Å². The Morgan fingerprint density at radius 2 is 2.29 bits per heavy atom. The number of nitro groups is 1. The van der Waals surface area contributed by atoms with Crippen molar-refractivity contribution in [3.63, 3.8) is 0 Å². The van der Waals surface area contributed by atoms with Crippen LogP contribution in [0.15, 0.2) is 28.8 Å². The smallest absolute Gasteiger partial charge is 0.283 e. The molecule has 0 unspecified atom stereocenters. The Hall–Kier alpha value is -1.88. The van der Waals surface area contributed by atoms with Crippen LogP contribution in [0.25, 0.3) is 11.3 Å². The van der Waals surface area contributed by atoms with E-state index in [2.05, 4.69) is 4.98 Å². The Balaban J connectivity index is 2.58. The normalized spacial score (nSPS) is 10.5. The molecule has 1 aromatic carbocycles. The summed E-state index contributed by atoms with van der Waals surface area (Å²) in [4.78, 5) is 14.5. The molecule has 0 aliphatic rings. The predicted octanol–water partition coefficient (Wildman–Crippen LogP) is 3.30. The second-order valence-corrected chi connectivity index (χ2v) is 3.75. The van der Waals surface area contributed by atoms with Gasteiger partial charge in [-0.2, -0.15) is 0 Å². The van der Waals surface area contributed by atoms with Crippen molar-refractivity contribution in [1.29, 1.82) is 0 Å². The third-order valence-electron chi connectivity index (χ3n) is 2.35. The molecule has 0 saturated heterocycles. The number of nitrogens with zero attached hydrogens (tertiary/aromatic N) is 2. The van der Waals surface area contributed by atoms with E-state index in [1.54, 1.807) is 25.1 Å². The van der Waals surface area contributed by atoms with Gasteiger partial charge >= 0.3 is 0 Å². The molecule has 6 heteroatoms. The van der Waals surface area contributed by atoms with Crippen LogP contribution in [-0.2, 0) is 5.88 Å². The zero-order valence-electron chi connectivity index (χ0n) is 9.01. The lowest BCUT2D eigenvalue weighted by Gasteiger charge is -2.01. The van der Waals surface area contributed by atoms with E-state index in [4.69, 9.17) is 16.0 Å². The molecule has 0 radical (unpaired) electrons. The van der Waals surface area contributed by atoms with E-state index in [1.807, 2.05) is 0 Å². The van der Waals surface area contributed by atoms with Crippen LogP contribution in [0.1, 0.15) is 11.5 Å². The summed E-state index contributed by atoms with van der Waals surface area (Å²) in [7, 11) is 0. The third-order valence-corrected chi connectivity index (χ3v) is 2.58. The molecule has 0 fully saturated rings. The van der Waals surface area contributed by atoms with E-state index in [0.29, 0.717) is 22.8 Å². The largest absolute Gasteiger partial charge is 0.439 e. The number of para-hydroxylation sites is 1. The lowest BCUT2D eigenvalue weighted by Crippen LogP contribution is -1.94. The first kappa shape index (κ1) is 11.6. The van der Waals surface area contributed by atoms with Gasteiger partial charge in [-0.25, -0.2) is 4.98 Å². The second kappa shape index (κ2) is 4.55. The monoisotopic (exact) mass is 252 g/mol. The van der Waals surface area contributed by atoms with Gasteiger partial charge in [0.25, 0.3) is 5.69 Å². The molecule has 0 spiro atoms. The molecule has 1 heterocycles. The van der Waals surface area contributed by atoms with Crippen LogP contribution in [0.2, 0.25) is 0 Å².